The molecule has 0 heterocycles. The summed E-state index contributed by atoms with van der Waals surface area (Å²) in [6.45, 7) is 6.55. The average Bonchev–Trinajstić information content (AvgIpc) is 3.19. The van der Waals surface area contributed by atoms with Crippen molar-refractivity contribution in [3.8, 4) is 0 Å². The molecule has 0 radical (unpaired) electrons. The molecule has 2 aliphatic carbocycles. The van der Waals surface area contributed by atoms with Gasteiger partial charge in [-0.3, -0.25) is 0 Å². The SMILES string of the molecule is CCN(CCOC)CCC1CCCC1(CO)NC1CC1. The molecule has 2 fully saturated rings. The van der Waals surface area contributed by atoms with E-state index in [1.807, 2.05) is 0 Å². The van der Waals surface area contributed by atoms with Crippen LogP contribution < -0.4 is 5.32 Å². The van der Waals surface area contributed by atoms with E-state index in [4.69, 9.17) is 4.74 Å². The second kappa shape index (κ2) is 7.74. The molecular formula is C16H32N2O2. The summed E-state index contributed by atoms with van der Waals surface area (Å²) in [7, 11) is 1.77. The van der Waals surface area contributed by atoms with E-state index in [2.05, 4.69) is 17.1 Å². The Balaban J connectivity index is 1.82. The first kappa shape index (κ1) is 16.2. The molecule has 2 saturated carbocycles. The van der Waals surface area contributed by atoms with Crippen LogP contribution in [0.4, 0.5) is 0 Å². The van der Waals surface area contributed by atoms with Crippen molar-refractivity contribution in [3.05, 3.63) is 0 Å². The number of hydrogen-bond acceptors (Lipinski definition) is 4. The Morgan fingerprint density at radius 1 is 1.30 bits per heavy atom. The van der Waals surface area contributed by atoms with E-state index in [1.165, 1.54) is 32.1 Å². The van der Waals surface area contributed by atoms with Crippen molar-refractivity contribution in [3.63, 3.8) is 0 Å². The predicted octanol–water partition coefficient (Wildman–Crippen LogP) is 1.63. The molecule has 2 N–H and O–H groups in total. The smallest absolute Gasteiger partial charge is 0.0616 e. The maximum absolute atomic E-state index is 9.93. The first-order valence-corrected chi connectivity index (χ1v) is 8.34. The van der Waals surface area contributed by atoms with Crippen LogP contribution in [-0.4, -0.2) is 61.5 Å². The van der Waals surface area contributed by atoms with E-state index in [1.54, 1.807) is 7.11 Å². The maximum Gasteiger partial charge on any atom is 0.0616 e. The molecule has 4 nitrogen and oxygen atoms in total. The van der Waals surface area contributed by atoms with Crippen LogP contribution in [0.5, 0.6) is 0 Å². The highest BCUT2D eigenvalue weighted by Gasteiger charge is 2.44. The summed E-state index contributed by atoms with van der Waals surface area (Å²) in [4.78, 5) is 2.46. The van der Waals surface area contributed by atoms with Crippen molar-refractivity contribution in [1.82, 2.24) is 10.2 Å². The molecule has 0 amide bonds. The van der Waals surface area contributed by atoms with Crippen LogP contribution in [-0.2, 0) is 4.74 Å². The summed E-state index contributed by atoms with van der Waals surface area (Å²) in [5.74, 6) is 0.629. The minimum absolute atomic E-state index is 0.0157. The van der Waals surface area contributed by atoms with Crippen LogP contribution in [0.1, 0.15) is 45.4 Å². The average molecular weight is 284 g/mol. The first-order valence-electron chi connectivity index (χ1n) is 8.34. The zero-order valence-corrected chi connectivity index (χ0v) is 13.2. The number of rotatable bonds is 10. The first-order chi connectivity index (χ1) is 9.74. The lowest BCUT2D eigenvalue weighted by Gasteiger charge is -2.36. The van der Waals surface area contributed by atoms with Crippen molar-refractivity contribution in [2.24, 2.45) is 5.92 Å². The van der Waals surface area contributed by atoms with Crippen molar-refractivity contribution in [2.75, 3.05) is 40.0 Å². The Labute approximate surface area is 123 Å². The molecule has 118 valence electrons. The van der Waals surface area contributed by atoms with Crippen LogP contribution in [0.2, 0.25) is 0 Å². The fourth-order valence-corrected chi connectivity index (χ4v) is 3.63. The van der Waals surface area contributed by atoms with Gasteiger partial charge >= 0.3 is 0 Å². The summed E-state index contributed by atoms with van der Waals surface area (Å²) >= 11 is 0. The number of likely N-dealkylation sites (N-methyl/N-ethyl adjacent to an activating group) is 1. The van der Waals surface area contributed by atoms with E-state index in [0.717, 1.165) is 32.7 Å². The zero-order valence-electron chi connectivity index (χ0n) is 13.2. The molecule has 2 atom stereocenters. The third-order valence-electron chi connectivity index (χ3n) is 5.16. The highest BCUT2D eigenvalue weighted by atomic mass is 16.5. The molecule has 0 spiro atoms. The third kappa shape index (κ3) is 4.17. The Bertz CT molecular complexity index is 284. The van der Waals surface area contributed by atoms with Gasteiger partial charge in [-0.05, 0) is 51.1 Å². The number of nitrogens with zero attached hydrogens (tertiary/aromatic N) is 1. The van der Waals surface area contributed by atoms with E-state index >= 15 is 0 Å². The van der Waals surface area contributed by atoms with Gasteiger partial charge in [0.05, 0.1) is 13.2 Å². The molecule has 2 aliphatic rings. The highest BCUT2D eigenvalue weighted by molar-refractivity contribution is 5.03. The van der Waals surface area contributed by atoms with Gasteiger partial charge in [-0.25, -0.2) is 0 Å². The lowest BCUT2D eigenvalue weighted by atomic mass is 9.85. The highest BCUT2D eigenvalue weighted by Crippen LogP contribution is 2.40. The van der Waals surface area contributed by atoms with Crippen LogP contribution in [0, 0.1) is 5.92 Å². The van der Waals surface area contributed by atoms with Gasteiger partial charge in [0.1, 0.15) is 0 Å². The van der Waals surface area contributed by atoms with E-state index in [0.29, 0.717) is 18.6 Å². The van der Waals surface area contributed by atoms with Crippen LogP contribution in [0.25, 0.3) is 0 Å². The fourth-order valence-electron chi connectivity index (χ4n) is 3.63. The number of methoxy groups -OCH3 is 1. The molecule has 2 rings (SSSR count). The fraction of sp³-hybridized carbons (Fsp3) is 1.00. The minimum Gasteiger partial charge on any atom is -0.394 e. The Kier molecular flexibility index (Phi) is 6.27. The molecule has 20 heavy (non-hydrogen) atoms. The summed E-state index contributed by atoms with van der Waals surface area (Å²) in [5.41, 5.74) is 0.0157. The van der Waals surface area contributed by atoms with Crippen molar-refractivity contribution in [1.29, 1.82) is 0 Å². The van der Waals surface area contributed by atoms with E-state index in [9.17, 15) is 5.11 Å². The van der Waals surface area contributed by atoms with Gasteiger partial charge in [-0.15, -0.1) is 0 Å². The van der Waals surface area contributed by atoms with Gasteiger partial charge < -0.3 is 20.1 Å². The van der Waals surface area contributed by atoms with Gasteiger partial charge in [0.15, 0.2) is 0 Å². The Hall–Kier alpha value is -0.160. The van der Waals surface area contributed by atoms with Gasteiger partial charge in [0.25, 0.3) is 0 Å². The number of hydrogen-bond donors (Lipinski definition) is 2. The topological polar surface area (TPSA) is 44.7 Å². The molecule has 0 aromatic rings. The van der Waals surface area contributed by atoms with Crippen LogP contribution in [0.3, 0.4) is 0 Å². The molecular weight excluding hydrogens is 252 g/mol. The molecule has 4 heteroatoms. The van der Waals surface area contributed by atoms with Crippen molar-refractivity contribution < 1.29 is 9.84 Å². The second-order valence-electron chi connectivity index (χ2n) is 6.54. The number of ether oxygens (including phenoxy) is 1. The molecule has 2 unspecified atom stereocenters. The second-order valence-corrected chi connectivity index (χ2v) is 6.54. The van der Waals surface area contributed by atoms with Crippen molar-refractivity contribution in [2.45, 2.75) is 57.0 Å². The maximum atomic E-state index is 9.93. The van der Waals surface area contributed by atoms with Crippen molar-refractivity contribution >= 4 is 0 Å². The summed E-state index contributed by atoms with van der Waals surface area (Å²) in [6.07, 6.45) is 7.46. The quantitative estimate of drug-likeness (QED) is 0.640. The van der Waals surface area contributed by atoms with Crippen LogP contribution >= 0.6 is 0 Å². The number of aliphatic hydroxyl groups excluding tert-OH is 1. The third-order valence-corrected chi connectivity index (χ3v) is 5.16. The Morgan fingerprint density at radius 3 is 2.70 bits per heavy atom. The monoisotopic (exact) mass is 284 g/mol. The van der Waals surface area contributed by atoms with Crippen LogP contribution in [0.15, 0.2) is 0 Å². The molecule has 0 bridgehead atoms. The van der Waals surface area contributed by atoms with E-state index in [-0.39, 0.29) is 5.54 Å². The molecule has 0 aromatic carbocycles. The normalized spacial score (nSPS) is 30.3. The number of nitrogens with one attached hydrogen (secondary N) is 1. The summed E-state index contributed by atoms with van der Waals surface area (Å²) in [6, 6.07) is 0.679. The summed E-state index contributed by atoms with van der Waals surface area (Å²) < 4.78 is 5.17. The molecule has 0 aliphatic heterocycles. The number of aliphatic hydroxyl groups is 1. The standard InChI is InChI=1S/C16H32N2O2/c1-3-18(11-12-20-2)10-8-14-5-4-9-16(14,13-19)17-15-6-7-15/h14-15,17,19H,3-13H2,1-2H3. The van der Waals surface area contributed by atoms with Gasteiger partial charge in [0, 0.05) is 25.2 Å². The van der Waals surface area contributed by atoms with Gasteiger partial charge in [-0.2, -0.15) is 0 Å². The molecule has 0 aromatic heterocycles. The largest absolute Gasteiger partial charge is 0.394 e. The van der Waals surface area contributed by atoms with E-state index < -0.39 is 0 Å². The predicted molar refractivity (Wildman–Crippen MR) is 81.9 cm³/mol. The molecule has 0 saturated heterocycles. The zero-order chi connectivity index (χ0) is 14.4. The Morgan fingerprint density at radius 2 is 2.10 bits per heavy atom. The lowest BCUT2D eigenvalue weighted by Crippen LogP contribution is -2.53. The lowest BCUT2D eigenvalue weighted by molar-refractivity contribution is 0.103. The van der Waals surface area contributed by atoms with Gasteiger partial charge in [0.2, 0.25) is 0 Å². The minimum atomic E-state index is 0.0157. The van der Waals surface area contributed by atoms with Gasteiger partial charge in [-0.1, -0.05) is 13.3 Å². The summed E-state index contributed by atoms with van der Waals surface area (Å²) in [5, 5.41) is 13.7.